The Bertz CT molecular complexity index is 557. The predicted molar refractivity (Wildman–Crippen MR) is 89.0 cm³/mol. The van der Waals surface area contributed by atoms with E-state index in [1.54, 1.807) is 31.3 Å². The summed E-state index contributed by atoms with van der Waals surface area (Å²) in [5, 5.41) is 13.4. The summed E-state index contributed by atoms with van der Waals surface area (Å²) in [6.45, 7) is 1.75. The molecule has 0 radical (unpaired) electrons. The number of likely N-dealkylation sites (N-methyl/N-ethyl adjacent to an activating group) is 1. The van der Waals surface area contributed by atoms with Crippen molar-refractivity contribution in [3.63, 3.8) is 0 Å². The second-order valence-corrected chi connectivity index (χ2v) is 6.62. The Balaban J connectivity index is 1.99. The topological polar surface area (TPSA) is 69.6 Å². The number of hydrogen-bond acceptors (Lipinski definition) is 3. The van der Waals surface area contributed by atoms with Gasteiger partial charge in [-0.15, -0.1) is 0 Å². The molecular formula is C17H23ClN2O3. The van der Waals surface area contributed by atoms with Gasteiger partial charge < -0.3 is 15.3 Å². The highest BCUT2D eigenvalue weighted by Crippen LogP contribution is 2.32. The number of amides is 2. The van der Waals surface area contributed by atoms with E-state index in [0.717, 1.165) is 18.4 Å². The van der Waals surface area contributed by atoms with Gasteiger partial charge in [-0.25, -0.2) is 0 Å². The monoisotopic (exact) mass is 338 g/mol. The van der Waals surface area contributed by atoms with E-state index in [1.807, 2.05) is 0 Å². The van der Waals surface area contributed by atoms with E-state index in [0.29, 0.717) is 17.5 Å². The SMILES string of the molecule is CC(=O)NC(CC(=O)N(C)CC(O)C1CC1)c1ccc(Cl)cc1. The number of carbonyl (C=O) groups excluding carboxylic acids is 2. The van der Waals surface area contributed by atoms with Gasteiger partial charge in [0.15, 0.2) is 0 Å². The molecule has 6 heteroatoms. The van der Waals surface area contributed by atoms with Gasteiger partial charge in [-0.1, -0.05) is 23.7 Å². The Labute approximate surface area is 141 Å². The number of nitrogens with zero attached hydrogens (tertiary/aromatic N) is 1. The van der Waals surface area contributed by atoms with Gasteiger partial charge in [0.25, 0.3) is 0 Å². The van der Waals surface area contributed by atoms with Crippen LogP contribution in [-0.4, -0.2) is 41.5 Å². The lowest BCUT2D eigenvalue weighted by Gasteiger charge is -2.24. The predicted octanol–water partition coefficient (Wildman–Crippen LogP) is 2.14. The van der Waals surface area contributed by atoms with Crippen LogP contribution in [0.3, 0.4) is 0 Å². The Morgan fingerprint density at radius 3 is 2.48 bits per heavy atom. The molecule has 2 unspecified atom stereocenters. The van der Waals surface area contributed by atoms with Crippen molar-refractivity contribution in [2.24, 2.45) is 5.92 Å². The average Bonchev–Trinajstić information content (AvgIpc) is 3.31. The molecule has 1 aliphatic carbocycles. The number of aliphatic hydroxyl groups is 1. The molecule has 1 aromatic rings. The van der Waals surface area contributed by atoms with Gasteiger partial charge >= 0.3 is 0 Å². The zero-order valence-electron chi connectivity index (χ0n) is 13.5. The average molecular weight is 339 g/mol. The van der Waals surface area contributed by atoms with E-state index < -0.39 is 12.1 Å². The van der Waals surface area contributed by atoms with E-state index in [9.17, 15) is 14.7 Å². The molecule has 1 aliphatic rings. The van der Waals surface area contributed by atoms with Gasteiger partial charge in [-0.05, 0) is 36.5 Å². The van der Waals surface area contributed by atoms with Gasteiger partial charge in [0.1, 0.15) is 0 Å². The highest BCUT2D eigenvalue weighted by molar-refractivity contribution is 6.30. The molecule has 0 heterocycles. The van der Waals surface area contributed by atoms with Crippen molar-refractivity contribution >= 4 is 23.4 Å². The van der Waals surface area contributed by atoms with Gasteiger partial charge in [-0.3, -0.25) is 9.59 Å². The third-order valence-corrected chi connectivity index (χ3v) is 4.33. The lowest BCUT2D eigenvalue weighted by atomic mass is 10.0. The van der Waals surface area contributed by atoms with Crippen LogP contribution in [-0.2, 0) is 9.59 Å². The van der Waals surface area contributed by atoms with Crippen LogP contribution in [0.5, 0.6) is 0 Å². The van der Waals surface area contributed by atoms with Crippen molar-refractivity contribution < 1.29 is 14.7 Å². The maximum Gasteiger partial charge on any atom is 0.224 e. The minimum Gasteiger partial charge on any atom is -0.391 e. The highest BCUT2D eigenvalue weighted by Gasteiger charge is 2.31. The summed E-state index contributed by atoms with van der Waals surface area (Å²) in [5.41, 5.74) is 0.828. The molecule has 0 spiro atoms. The number of carbonyl (C=O) groups is 2. The first-order valence-corrected chi connectivity index (χ1v) is 8.19. The number of benzene rings is 1. The first-order valence-electron chi connectivity index (χ1n) is 7.81. The number of halogens is 1. The summed E-state index contributed by atoms with van der Waals surface area (Å²) in [5.74, 6) is 0.0180. The Hall–Kier alpha value is -1.59. The van der Waals surface area contributed by atoms with Gasteiger partial charge in [0.2, 0.25) is 11.8 Å². The first kappa shape index (κ1) is 17.8. The van der Waals surface area contributed by atoms with Crippen LogP contribution in [0.15, 0.2) is 24.3 Å². The highest BCUT2D eigenvalue weighted by atomic mass is 35.5. The molecule has 0 aliphatic heterocycles. The van der Waals surface area contributed by atoms with Gasteiger partial charge in [0.05, 0.1) is 18.6 Å². The van der Waals surface area contributed by atoms with Gasteiger partial charge in [0, 0.05) is 25.5 Å². The van der Waals surface area contributed by atoms with E-state index in [2.05, 4.69) is 5.32 Å². The van der Waals surface area contributed by atoms with Crippen molar-refractivity contribution in [3.8, 4) is 0 Å². The van der Waals surface area contributed by atoms with Crippen LogP contribution in [0, 0.1) is 5.92 Å². The van der Waals surface area contributed by atoms with Crippen LogP contribution in [0.2, 0.25) is 5.02 Å². The molecular weight excluding hydrogens is 316 g/mol. The quantitative estimate of drug-likeness (QED) is 0.800. The number of aliphatic hydroxyl groups excluding tert-OH is 1. The van der Waals surface area contributed by atoms with E-state index in [1.165, 1.54) is 11.8 Å². The molecule has 2 amide bonds. The molecule has 126 valence electrons. The minimum atomic E-state index is -0.460. The summed E-state index contributed by atoms with van der Waals surface area (Å²) in [6.07, 6.45) is 1.75. The fourth-order valence-corrected chi connectivity index (χ4v) is 2.66. The Morgan fingerprint density at radius 2 is 1.96 bits per heavy atom. The summed E-state index contributed by atoms with van der Waals surface area (Å²) in [6, 6.07) is 6.66. The molecule has 1 fully saturated rings. The molecule has 0 saturated heterocycles. The van der Waals surface area contributed by atoms with Crippen LogP contribution in [0.1, 0.15) is 37.8 Å². The molecule has 5 nitrogen and oxygen atoms in total. The smallest absolute Gasteiger partial charge is 0.224 e. The summed E-state index contributed by atoms with van der Waals surface area (Å²) in [7, 11) is 1.68. The molecule has 1 saturated carbocycles. The third kappa shape index (κ3) is 5.52. The normalized spacial score (nSPS) is 16.5. The fraction of sp³-hybridized carbons (Fsp3) is 0.529. The first-order chi connectivity index (χ1) is 10.9. The molecule has 2 rings (SSSR count). The maximum atomic E-state index is 12.4. The zero-order valence-corrected chi connectivity index (χ0v) is 14.2. The molecule has 0 bridgehead atoms. The summed E-state index contributed by atoms with van der Waals surface area (Å²) in [4.78, 5) is 25.3. The summed E-state index contributed by atoms with van der Waals surface area (Å²) >= 11 is 5.88. The molecule has 2 N–H and O–H groups in total. The van der Waals surface area contributed by atoms with E-state index >= 15 is 0 Å². The van der Waals surface area contributed by atoms with Crippen LogP contribution >= 0.6 is 11.6 Å². The molecule has 1 aromatic carbocycles. The number of hydrogen-bond donors (Lipinski definition) is 2. The minimum absolute atomic E-state index is 0.113. The van der Waals surface area contributed by atoms with Crippen LogP contribution in [0.4, 0.5) is 0 Å². The Morgan fingerprint density at radius 1 is 1.35 bits per heavy atom. The second kappa shape index (κ2) is 7.79. The van der Waals surface area contributed by atoms with E-state index in [4.69, 9.17) is 11.6 Å². The van der Waals surface area contributed by atoms with Crippen molar-refractivity contribution in [2.45, 2.75) is 38.3 Å². The van der Waals surface area contributed by atoms with Gasteiger partial charge in [-0.2, -0.15) is 0 Å². The third-order valence-electron chi connectivity index (χ3n) is 4.08. The van der Waals surface area contributed by atoms with E-state index in [-0.39, 0.29) is 18.2 Å². The second-order valence-electron chi connectivity index (χ2n) is 6.19. The largest absolute Gasteiger partial charge is 0.391 e. The van der Waals surface area contributed by atoms with Crippen LogP contribution < -0.4 is 5.32 Å². The summed E-state index contributed by atoms with van der Waals surface area (Å²) < 4.78 is 0. The lowest BCUT2D eigenvalue weighted by molar-refractivity contribution is -0.132. The standard InChI is InChI=1S/C17H23ClN2O3/c1-11(21)19-15(12-5-7-14(18)8-6-12)9-17(23)20(2)10-16(22)13-3-4-13/h5-8,13,15-16,22H,3-4,9-10H2,1-2H3,(H,19,21). The lowest BCUT2D eigenvalue weighted by Crippen LogP contribution is -2.38. The van der Waals surface area contributed by atoms with Crippen molar-refractivity contribution in [2.75, 3.05) is 13.6 Å². The zero-order chi connectivity index (χ0) is 17.0. The fourth-order valence-electron chi connectivity index (χ4n) is 2.54. The maximum absolute atomic E-state index is 12.4. The van der Waals surface area contributed by atoms with Crippen molar-refractivity contribution in [1.29, 1.82) is 0 Å². The molecule has 2 atom stereocenters. The Kier molecular flexibility index (Phi) is 6.02. The molecule has 23 heavy (non-hydrogen) atoms. The number of rotatable bonds is 7. The van der Waals surface area contributed by atoms with Crippen molar-refractivity contribution in [1.82, 2.24) is 10.2 Å². The molecule has 0 aromatic heterocycles. The number of nitrogens with one attached hydrogen (secondary N) is 1. The van der Waals surface area contributed by atoms with Crippen LogP contribution in [0.25, 0.3) is 0 Å². The van der Waals surface area contributed by atoms with Crippen molar-refractivity contribution in [3.05, 3.63) is 34.9 Å².